The van der Waals surface area contributed by atoms with E-state index in [0.29, 0.717) is 17.5 Å². The van der Waals surface area contributed by atoms with Gasteiger partial charge in [-0.1, -0.05) is 12.1 Å². The molecule has 0 aliphatic carbocycles. The Morgan fingerprint density at radius 3 is 2.63 bits per heavy atom. The summed E-state index contributed by atoms with van der Waals surface area (Å²) >= 11 is 0. The van der Waals surface area contributed by atoms with Crippen LogP contribution in [0.1, 0.15) is 17.2 Å². The van der Waals surface area contributed by atoms with Crippen LogP contribution in [-0.2, 0) is 0 Å². The van der Waals surface area contributed by atoms with Crippen LogP contribution in [0.15, 0.2) is 65.5 Å². The topological polar surface area (TPSA) is 60.2 Å². The largest absolute Gasteiger partial charge is 0.466 e. The number of aryl methyl sites for hydroxylation is 1. The number of nitrogens with zero attached hydrogens (tertiary/aromatic N) is 2. The zero-order chi connectivity index (χ0) is 20.7. The molecule has 0 saturated carbocycles. The van der Waals surface area contributed by atoms with E-state index in [1.54, 1.807) is 12.4 Å². The van der Waals surface area contributed by atoms with Gasteiger partial charge in [-0.3, -0.25) is 0 Å². The summed E-state index contributed by atoms with van der Waals surface area (Å²) in [5.41, 5.74) is 4.35. The number of halogens is 2. The molecule has 1 atom stereocenters. The number of ether oxygens (including phenoxy) is 1. The minimum atomic E-state index is -0.799. The van der Waals surface area contributed by atoms with Crippen molar-refractivity contribution in [2.45, 2.75) is 13.0 Å². The van der Waals surface area contributed by atoms with Crippen LogP contribution in [0.4, 0.5) is 14.5 Å². The fraction of sp³-hybridized carbons (Fsp3) is 0.130. The minimum Gasteiger partial charge on any atom is -0.466 e. The summed E-state index contributed by atoms with van der Waals surface area (Å²) in [7, 11) is 0. The molecule has 5 rings (SSSR count). The Hall–Kier alpha value is -3.74. The molecule has 1 unspecified atom stereocenters. The highest BCUT2D eigenvalue weighted by Gasteiger charge is 2.27. The average molecular weight is 405 g/mol. The molecule has 3 heterocycles. The van der Waals surface area contributed by atoms with Gasteiger partial charge in [0.25, 0.3) is 0 Å². The summed E-state index contributed by atoms with van der Waals surface area (Å²) in [5.74, 6) is -0.431. The Kier molecular flexibility index (Phi) is 4.43. The Bertz CT molecular complexity index is 1210. The molecule has 4 aromatic rings. The summed E-state index contributed by atoms with van der Waals surface area (Å²) in [6, 6.07) is 11.6. The van der Waals surface area contributed by atoms with Gasteiger partial charge in [-0.25, -0.2) is 18.7 Å². The molecule has 30 heavy (non-hydrogen) atoms. The van der Waals surface area contributed by atoms with Gasteiger partial charge in [0.2, 0.25) is 11.8 Å². The maximum Gasteiger partial charge on any atom is 0.238 e. The molecule has 1 N–H and O–H groups in total. The summed E-state index contributed by atoms with van der Waals surface area (Å²) in [5, 5.41) is 3.19. The molecule has 0 saturated heterocycles. The van der Waals surface area contributed by atoms with E-state index >= 15 is 0 Å². The van der Waals surface area contributed by atoms with Gasteiger partial charge in [-0.15, -0.1) is 0 Å². The summed E-state index contributed by atoms with van der Waals surface area (Å²) in [6.07, 6.45) is 4.02. The molecule has 0 spiro atoms. The van der Waals surface area contributed by atoms with Gasteiger partial charge in [-0.05, 0) is 48.4 Å². The smallest absolute Gasteiger partial charge is 0.238 e. The average Bonchev–Trinajstić information content (AvgIpc) is 3.28. The maximum atomic E-state index is 14.1. The number of rotatable bonds is 3. The van der Waals surface area contributed by atoms with Crippen molar-refractivity contribution in [3.63, 3.8) is 0 Å². The standard InChI is InChI=1S/C23H17F2N3O2/c1-13-5-6-14(22-26-7-8-29-22)9-16(13)15-10-19-23(28-11-15)30-20(12-27-19)21-17(24)3-2-4-18(21)25/h2-11,20,27H,12H2,1H3. The molecule has 0 radical (unpaired) electrons. The number of oxazole rings is 1. The fourth-order valence-corrected chi connectivity index (χ4v) is 3.61. The second-order valence-electron chi connectivity index (χ2n) is 7.07. The first-order valence-corrected chi connectivity index (χ1v) is 9.45. The SMILES string of the molecule is Cc1ccc(-c2ncco2)cc1-c1cnc2c(c1)NCC(c1c(F)cccc1F)O2. The van der Waals surface area contributed by atoms with Crippen molar-refractivity contribution in [1.82, 2.24) is 9.97 Å². The van der Waals surface area contributed by atoms with Crippen LogP contribution in [0.2, 0.25) is 0 Å². The van der Waals surface area contributed by atoms with E-state index in [4.69, 9.17) is 9.15 Å². The monoisotopic (exact) mass is 405 g/mol. The highest BCUT2D eigenvalue weighted by molar-refractivity contribution is 5.76. The van der Waals surface area contributed by atoms with Crippen molar-refractivity contribution < 1.29 is 17.9 Å². The Morgan fingerprint density at radius 1 is 1.03 bits per heavy atom. The first kappa shape index (κ1) is 18.3. The number of hydrogen-bond acceptors (Lipinski definition) is 5. The van der Waals surface area contributed by atoms with Crippen LogP contribution in [0.5, 0.6) is 5.88 Å². The molecule has 2 aromatic carbocycles. The second kappa shape index (κ2) is 7.26. The Balaban J connectivity index is 1.47. The lowest BCUT2D eigenvalue weighted by Crippen LogP contribution is -2.26. The third-order valence-electron chi connectivity index (χ3n) is 5.13. The number of hydrogen-bond donors (Lipinski definition) is 1. The summed E-state index contributed by atoms with van der Waals surface area (Å²) in [6.45, 7) is 2.24. The minimum absolute atomic E-state index is 0.101. The van der Waals surface area contributed by atoms with E-state index in [1.165, 1.54) is 24.5 Å². The van der Waals surface area contributed by atoms with E-state index < -0.39 is 17.7 Å². The Morgan fingerprint density at radius 2 is 1.87 bits per heavy atom. The van der Waals surface area contributed by atoms with Crippen molar-refractivity contribution in [1.29, 1.82) is 0 Å². The number of fused-ring (bicyclic) bond motifs is 1. The number of anilines is 1. The van der Waals surface area contributed by atoms with Crippen LogP contribution in [0.3, 0.4) is 0 Å². The molecule has 7 heteroatoms. The summed E-state index contributed by atoms with van der Waals surface area (Å²) in [4.78, 5) is 8.59. The van der Waals surface area contributed by atoms with Gasteiger partial charge < -0.3 is 14.5 Å². The van der Waals surface area contributed by atoms with Gasteiger partial charge in [0.05, 0.1) is 24.0 Å². The van der Waals surface area contributed by atoms with Crippen LogP contribution in [0, 0.1) is 18.6 Å². The Labute approximate surface area is 171 Å². The van der Waals surface area contributed by atoms with Crippen LogP contribution >= 0.6 is 0 Å². The maximum absolute atomic E-state index is 14.1. The number of aromatic nitrogens is 2. The first-order chi connectivity index (χ1) is 14.6. The van der Waals surface area contributed by atoms with E-state index in [0.717, 1.165) is 22.3 Å². The molecule has 0 fully saturated rings. The van der Waals surface area contributed by atoms with E-state index in [2.05, 4.69) is 15.3 Å². The van der Waals surface area contributed by atoms with E-state index in [9.17, 15) is 8.78 Å². The fourth-order valence-electron chi connectivity index (χ4n) is 3.61. The van der Waals surface area contributed by atoms with Crippen molar-refractivity contribution in [3.8, 4) is 28.5 Å². The first-order valence-electron chi connectivity index (χ1n) is 9.45. The lowest BCUT2D eigenvalue weighted by molar-refractivity contribution is 0.191. The highest BCUT2D eigenvalue weighted by Crippen LogP contribution is 2.37. The van der Waals surface area contributed by atoms with Gasteiger partial charge in [0.1, 0.15) is 24.0 Å². The van der Waals surface area contributed by atoms with Crippen molar-refractivity contribution >= 4 is 5.69 Å². The number of benzene rings is 2. The van der Waals surface area contributed by atoms with E-state index in [1.807, 2.05) is 31.2 Å². The van der Waals surface area contributed by atoms with Crippen molar-refractivity contribution in [2.75, 3.05) is 11.9 Å². The predicted octanol–water partition coefficient (Wildman–Crippen LogP) is 5.54. The molecule has 5 nitrogen and oxygen atoms in total. The third kappa shape index (κ3) is 3.18. The normalized spacial score (nSPS) is 15.2. The van der Waals surface area contributed by atoms with Gasteiger partial charge in [0, 0.05) is 17.3 Å². The predicted molar refractivity (Wildman–Crippen MR) is 108 cm³/mol. The van der Waals surface area contributed by atoms with Crippen LogP contribution < -0.4 is 10.1 Å². The molecule has 1 aliphatic heterocycles. The molecule has 1 aliphatic rings. The third-order valence-corrected chi connectivity index (χ3v) is 5.13. The molecule has 0 amide bonds. The lowest BCUT2D eigenvalue weighted by atomic mass is 9.98. The number of nitrogens with one attached hydrogen (secondary N) is 1. The van der Waals surface area contributed by atoms with Crippen molar-refractivity contribution in [3.05, 3.63) is 83.9 Å². The molecule has 2 aromatic heterocycles. The molecule has 150 valence electrons. The van der Waals surface area contributed by atoms with Gasteiger partial charge in [-0.2, -0.15) is 0 Å². The molecular formula is C23H17F2N3O2. The highest BCUT2D eigenvalue weighted by atomic mass is 19.1. The van der Waals surface area contributed by atoms with Gasteiger partial charge in [0.15, 0.2) is 0 Å². The van der Waals surface area contributed by atoms with E-state index in [-0.39, 0.29) is 12.1 Å². The summed E-state index contributed by atoms with van der Waals surface area (Å²) < 4.78 is 39.4. The lowest BCUT2D eigenvalue weighted by Gasteiger charge is -2.27. The molecular weight excluding hydrogens is 388 g/mol. The van der Waals surface area contributed by atoms with Crippen molar-refractivity contribution in [2.24, 2.45) is 0 Å². The second-order valence-corrected chi connectivity index (χ2v) is 7.07. The van der Waals surface area contributed by atoms with Gasteiger partial charge >= 0.3 is 0 Å². The van der Waals surface area contributed by atoms with Crippen LogP contribution in [-0.4, -0.2) is 16.5 Å². The zero-order valence-electron chi connectivity index (χ0n) is 16.0. The zero-order valence-corrected chi connectivity index (χ0v) is 16.0. The quantitative estimate of drug-likeness (QED) is 0.485. The van der Waals surface area contributed by atoms with Crippen LogP contribution in [0.25, 0.3) is 22.6 Å². The molecule has 0 bridgehead atoms. The number of pyridine rings is 1.